The Balaban J connectivity index is 2.28. The van der Waals surface area contributed by atoms with Gasteiger partial charge in [0.25, 0.3) is 0 Å². The lowest BCUT2D eigenvalue weighted by Gasteiger charge is -2.20. The number of nitrogens with one attached hydrogen (secondary N) is 1. The molecule has 1 rings (SSSR count). The molecular formula is C14H26N2S. The molecule has 0 aromatic carbocycles. The first-order valence-corrected chi connectivity index (χ1v) is 7.50. The molecule has 1 unspecified atom stereocenters. The molecule has 1 aromatic heterocycles. The van der Waals surface area contributed by atoms with Crippen molar-refractivity contribution in [2.45, 2.75) is 38.6 Å². The summed E-state index contributed by atoms with van der Waals surface area (Å²) in [4.78, 5) is 3.78. The molecule has 0 aliphatic carbocycles. The predicted molar refractivity (Wildman–Crippen MR) is 77.9 cm³/mol. The van der Waals surface area contributed by atoms with Gasteiger partial charge in [0.1, 0.15) is 0 Å². The van der Waals surface area contributed by atoms with E-state index < -0.39 is 0 Å². The van der Waals surface area contributed by atoms with Crippen LogP contribution in [0.4, 0.5) is 0 Å². The number of hydrogen-bond acceptors (Lipinski definition) is 3. The standard InChI is InChI=1S/C14H26N2S/c1-4-10-15-13(9-11-16(2)3)7-8-14-6-5-12-17-14/h5-6,12-13,15H,4,7-11H2,1-3H3. The molecule has 98 valence electrons. The van der Waals surface area contributed by atoms with Crippen molar-refractivity contribution in [1.29, 1.82) is 0 Å². The largest absolute Gasteiger partial charge is 0.314 e. The van der Waals surface area contributed by atoms with Crippen molar-refractivity contribution in [3.05, 3.63) is 22.4 Å². The molecule has 1 heterocycles. The Morgan fingerprint density at radius 2 is 2.18 bits per heavy atom. The number of hydrogen-bond donors (Lipinski definition) is 1. The van der Waals surface area contributed by atoms with Gasteiger partial charge in [0.05, 0.1) is 0 Å². The minimum atomic E-state index is 0.666. The van der Waals surface area contributed by atoms with E-state index in [1.807, 2.05) is 11.3 Å². The van der Waals surface area contributed by atoms with Crippen LogP contribution in [0, 0.1) is 0 Å². The molecule has 1 aromatic rings. The fourth-order valence-electron chi connectivity index (χ4n) is 1.88. The van der Waals surface area contributed by atoms with Gasteiger partial charge in [-0.1, -0.05) is 13.0 Å². The lowest BCUT2D eigenvalue weighted by molar-refractivity contribution is 0.349. The molecule has 0 saturated heterocycles. The van der Waals surface area contributed by atoms with Gasteiger partial charge >= 0.3 is 0 Å². The SMILES string of the molecule is CCCNC(CCc1cccs1)CCN(C)C. The highest BCUT2D eigenvalue weighted by Crippen LogP contribution is 2.13. The normalized spacial score (nSPS) is 13.2. The zero-order valence-electron chi connectivity index (χ0n) is 11.4. The molecule has 0 spiro atoms. The smallest absolute Gasteiger partial charge is 0.00826 e. The third kappa shape index (κ3) is 6.81. The molecule has 1 atom stereocenters. The van der Waals surface area contributed by atoms with E-state index in [4.69, 9.17) is 0 Å². The minimum Gasteiger partial charge on any atom is -0.314 e. The van der Waals surface area contributed by atoms with E-state index in [9.17, 15) is 0 Å². The molecule has 3 heteroatoms. The number of thiophene rings is 1. The van der Waals surface area contributed by atoms with Gasteiger partial charge < -0.3 is 10.2 Å². The fraction of sp³-hybridized carbons (Fsp3) is 0.714. The second-order valence-corrected chi connectivity index (χ2v) is 5.89. The van der Waals surface area contributed by atoms with Crippen LogP contribution in [0.5, 0.6) is 0 Å². The summed E-state index contributed by atoms with van der Waals surface area (Å²) < 4.78 is 0. The summed E-state index contributed by atoms with van der Waals surface area (Å²) in [5, 5.41) is 5.84. The average molecular weight is 254 g/mol. The van der Waals surface area contributed by atoms with E-state index in [-0.39, 0.29) is 0 Å². The van der Waals surface area contributed by atoms with Crippen LogP contribution in [-0.4, -0.2) is 38.1 Å². The quantitative estimate of drug-likeness (QED) is 0.729. The third-order valence-electron chi connectivity index (χ3n) is 2.93. The molecule has 0 aliphatic rings. The van der Waals surface area contributed by atoms with Gasteiger partial charge in [-0.25, -0.2) is 0 Å². The topological polar surface area (TPSA) is 15.3 Å². The van der Waals surface area contributed by atoms with Crippen LogP contribution < -0.4 is 5.32 Å². The third-order valence-corrected chi connectivity index (χ3v) is 3.86. The van der Waals surface area contributed by atoms with Crippen molar-refractivity contribution in [2.75, 3.05) is 27.2 Å². The second kappa shape index (κ2) is 8.67. The molecule has 0 saturated carbocycles. The summed E-state index contributed by atoms with van der Waals surface area (Å²) in [7, 11) is 4.30. The Kier molecular flexibility index (Phi) is 7.49. The van der Waals surface area contributed by atoms with Gasteiger partial charge in [-0.15, -0.1) is 11.3 Å². The maximum atomic E-state index is 3.67. The highest BCUT2D eigenvalue weighted by molar-refractivity contribution is 7.09. The van der Waals surface area contributed by atoms with Crippen LogP contribution in [0.1, 0.15) is 31.1 Å². The molecule has 0 bridgehead atoms. The summed E-state index contributed by atoms with van der Waals surface area (Å²) >= 11 is 1.87. The molecule has 2 nitrogen and oxygen atoms in total. The van der Waals surface area contributed by atoms with Crippen LogP contribution in [0.25, 0.3) is 0 Å². The van der Waals surface area contributed by atoms with E-state index in [0.29, 0.717) is 6.04 Å². The monoisotopic (exact) mass is 254 g/mol. The Labute approximate surface area is 110 Å². The van der Waals surface area contributed by atoms with Crippen LogP contribution >= 0.6 is 11.3 Å². The number of nitrogens with zero attached hydrogens (tertiary/aromatic N) is 1. The van der Waals surface area contributed by atoms with Gasteiger partial charge in [0, 0.05) is 10.9 Å². The minimum absolute atomic E-state index is 0.666. The first-order valence-electron chi connectivity index (χ1n) is 6.63. The van der Waals surface area contributed by atoms with Gasteiger partial charge in [-0.05, 0) is 64.3 Å². The second-order valence-electron chi connectivity index (χ2n) is 4.86. The molecule has 0 aliphatic heterocycles. The van der Waals surface area contributed by atoms with Gasteiger partial charge in [0.15, 0.2) is 0 Å². The molecule has 1 N–H and O–H groups in total. The first-order chi connectivity index (χ1) is 8.22. The summed E-state index contributed by atoms with van der Waals surface area (Å²) in [6, 6.07) is 5.06. The Hall–Kier alpha value is -0.380. The summed E-state index contributed by atoms with van der Waals surface area (Å²) in [6.45, 7) is 4.55. The predicted octanol–water partition coefficient (Wildman–Crippen LogP) is 3.00. The fourth-order valence-corrected chi connectivity index (χ4v) is 2.61. The van der Waals surface area contributed by atoms with E-state index in [1.165, 1.54) is 37.1 Å². The lowest BCUT2D eigenvalue weighted by atomic mass is 10.1. The number of aryl methyl sites for hydroxylation is 1. The van der Waals surface area contributed by atoms with E-state index in [2.05, 4.69) is 48.7 Å². The number of rotatable bonds is 9. The highest BCUT2D eigenvalue weighted by Gasteiger charge is 2.08. The molecular weight excluding hydrogens is 228 g/mol. The van der Waals surface area contributed by atoms with Gasteiger partial charge in [-0.3, -0.25) is 0 Å². The molecule has 0 amide bonds. The van der Waals surface area contributed by atoms with Crippen molar-refractivity contribution in [1.82, 2.24) is 10.2 Å². The average Bonchev–Trinajstić information content (AvgIpc) is 2.80. The molecule has 0 fully saturated rings. The van der Waals surface area contributed by atoms with Crippen LogP contribution in [0.2, 0.25) is 0 Å². The van der Waals surface area contributed by atoms with Crippen molar-refractivity contribution in [3.8, 4) is 0 Å². The van der Waals surface area contributed by atoms with Crippen molar-refractivity contribution < 1.29 is 0 Å². The van der Waals surface area contributed by atoms with Crippen molar-refractivity contribution >= 4 is 11.3 Å². The van der Waals surface area contributed by atoms with E-state index in [0.717, 1.165) is 6.54 Å². The van der Waals surface area contributed by atoms with Gasteiger partial charge in [0.2, 0.25) is 0 Å². The zero-order chi connectivity index (χ0) is 12.5. The summed E-state index contributed by atoms with van der Waals surface area (Å²) in [5.41, 5.74) is 0. The van der Waals surface area contributed by atoms with Gasteiger partial charge in [-0.2, -0.15) is 0 Å². The molecule has 17 heavy (non-hydrogen) atoms. The molecule has 0 radical (unpaired) electrons. The van der Waals surface area contributed by atoms with Crippen LogP contribution in [0.15, 0.2) is 17.5 Å². The van der Waals surface area contributed by atoms with E-state index >= 15 is 0 Å². The van der Waals surface area contributed by atoms with Crippen molar-refractivity contribution in [2.24, 2.45) is 0 Å². The maximum Gasteiger partial charge on any atom is 0.00826 e. The van der Waals surface area contributed by atoms with Crippen LogP contribution in [-0.2, 0) is 6.42 Å². The Morgan fingerprint density at radius 3 is 2.76 bits per heavy atom. The Bertz CT molecular complexity index is 270. The van der Waals surface area contributed by atoms with E-state index in [1.54, 1.807) is 0 Å². The summed E-state index contributed by atoms with van der Waals surface area (Å²) in [6.07, 6.45) is 4.94. The highest BCUT2D eigenvalue weighted by atomic mass is 32.1. The van der Waals surface area contributed by atoms with Crippen molar-refractivity contribution in [3.63, 3.8) is 0 Å². The lowest BCUT2D eigenvalue weighted by Crippen LogP contribution is -2.33. The Morgan fingerprint density at radius 1 is 1.35 bits per heavy atom. The zero-order valence-corrected chi connectivity index (χ0v) is 12.2. The van der Waals surface area contributed by atoms with Crippen LogP contribution in [0.3, 0.4) is 0 Å². The summed E-state index contributed by atoms with van der Waals surface area (Å²) in [5.74, 6) is 0. The first kappa shape index (κ1) is 14.7. The maximum absolute atomic E-state index is 3.67.